The molecule has 0 amide bonds. The lowest BCUT2D eigenvalue weighted by Crippen LogP contribution is -2.12. The van der Waals surface area contributed by atoms with Crippen LogP contribution >= 0.6 is 0 Å². The highest BCUT2D eigenvalue weighted by Gasteiger charge is 2.21. The van der Waals surface area contributed by atoms with E-state index in [0.29, 0.717) is 0 Å². The highest BCUT2D eigenvalue weighted by molar-refractivity contribution is 6.12. The predicted molar refractivity (Wildman–Crippen MR) is 245 cm³/mol. The van der Waals surface area contributed by atoms with E-state index < -0.39 is 0 Å². The molecule has 58 heavy (non-hydrogen) atoms. The summed E-state index contributed by atoms with van der Waals surface area (Å²) >= 11 is 0. The van der Waals surface area contributed by atoms with Crippen LogP contribution in [-0.4, -0.2) is 0 Å². The summed E-state index contributed by atoms with van der Waals surface area (Å²) in [4.78, 5) is 2.42. The quantitative estimate of drug-likeness (QED) is 0.151. The Morgan fingerprint density at radius 2 is 0.793 bits per heavy atom. The van der Waals surface area contributed by atoms with E-state index in [-0.39, 0.29) is 0 Å². The number of fused-ring (bicyclic) bond motifs is 6. The number of anilines is 3. The Hall–Kier alpha value is -7.68. The number of nitrogens with zero attached hydrogens (tertiary/aromatic N) is 1. The lowest BCUT2D eigenvalue weighted by molar-refractivity contribution is 0.669. The zero-order valence-electron chi connectivity index (χ0n) is 31.7. The summed E-state index contributed by atoms with van der Waals surface area (Å²) in [6.45, 7) is 0. The van der Waals surface area contributed by atoms with Gasteiger partial charge in [-0.15, -0.1) is 0 Å². The summed E-state index contributed by atoms with van der Waals surface area (Å²) in [7, 11) is 0. The molecule has 11 aromatic rings. The fourth-order valence-electron chi connectivity index (χ4n) is 8.68. The first-order valence-corrected chi connectivity index (χ1v) is 19.8. The molecule has 10 aromatic carbocycles. The standard InChI is InChI=1S/C56H37NO/c1-2-13-38(14-3-1)39-25-27-42(28-26-39)47-17-6-9-22-53(47)57(54-23-10-7-18-48(54)43-32-36-52-51-19-8-11-24-55(51)58-56(52)37-43)44-33-29-41(30-34-44)46-20-12-21-49-45-16-5-4-15-40(45)31-35-50(46)49/h1-37H. The van der Waals surface area contributed by atoms with Crippen molar-refractivity contribution in [1.29, 1.82) is 0 Å². The third-order valence-corrected chi connectivity index (χ3v) is 11.5. The van der Waals surface area contributed by atoms with Crippen molar-refractivity contribution in [2.45, 2.75) is 0 Å². The molecule has 1 aromatic heterocycles. The van der Waals surface area contributed by atoms with Gasteiger partial charge in [0.15, 0.2) is 0 Å². The number of furan rings is 1. The molecule has 0 saturated heterocycles. The van der Waals surface area contributed by atoms with E-state index in [1.165, 1.54) is 43.8 Å². The van der Waals surface area contributed by atoms with Crippen molar-refractivity contribution in [2.24, 2.45) is 0 Å². The molecule has 0 atom stereocenters. The largest absolute Gasteiger partial charge is 0.456 e. The summed E-state index contributed by atoms with van der Waals surface area (Å²) in [6.07, 6.45) is 0. The Morgan fingerprint density at radius 3 is 1.59 bits per heavy atom. The molecule has 0 radical (unpaired) electrons. The van der Waals surface area contributed by atoms with Crippen LogP contribution in [0.3, 0.4) is 0 Å². The fraction of sp³-hybridized carbons (Fsp3) is 0. The van der Waals surface area contributed by atoms with E-state index in [1.54, 1.807) is 0 Å². The number of hydrogen-bond acceptors (Lipinski definition) is 2. The van der Waals surface area contributed by atoms with Crippen LogP contribution < -0.4 is 4.90 Å². The van der Waals surface area contributed by atoms with Crippen LogP contribution in [0, 0.1) is 0 Å². The second kappa shape index (κ2) is 14.1. The SMILES string of the molecule is c1ccc(-c2ccc(-c3ccccc3N(c3ccc(-c4cccc5c4ccc4ccccc45)cc3)c3ccccc3-c3ccc4c(c3)oc3ccccc34)cc2)cc1. The Labute approximate surface area is 337 Å². The molecule has 0 saturated carbocycles. The molecular formula is C56H37NO. The highest BCUT2D eigenvalue weighted by Crippen LogP contribution is 2.46. The van der Waals surface area contributed by atoms with Gasteiger partial charge in [0.1, 0.15) is 11.2 Å². The van der Waals surface area contributed by atoms with Crippen molar-refractivity contribution in [1.82, 2.24) is 0 Å². The highest BCUT2D eigenvalue weighted by atomic mass is 16.3. The van der Waals surface area contributed by atoms with Crippen LogP contribution in [0.4, 0.5) is 17.1 Å². The van der Waals surface area contributed by atoms with Crippen molar-refractivity contribution < 1.29 is 4.42 Å². The molecule has 0 N–H and O–H groups in total. The van der Waals surface area contributed by atoms with Crippen LogP contribution in [0.25, 0.3) is 88.0 Å². The van der Waals surface area contributed by atoms with Crippen LogP contribution in [-0.2, 0) is 0 Å². The lowest BCUT2D eigenvalue weighted by Gasteiger charge is -2.30. The lowest BCUT2D eigenvalue weighted by atomic mass is 9.94. The van der Waals surface area contributed by atoms with Gasteiger partial charge in [-0.1, -0.05) is 182 Å². The Kier molecular flexibility index (Phi) is 8.19. The molecule has 0 aliphatic heterocycles. The van der Waals surface area contributed by atoms with Crippen LogP contribution in [0.1, 0.15) is 0 Å². The van der Waals surface area contributed by atoms with Crippen LogP contribution in [0.5, 0.6) is 0 Å². The minimum Gasteiger partial charge on any atom is -0.456 e. The maximum Gasteiger partial charge on any atom is 0.136 e. The van der Waals surface area contributed by atoms with Gasteiger partial charge in [-0.3, -0.25) is 0 Å². The van der Waals surface area contributed by atoms with E-state index in [2.05, 4.69) is 217 Å². The first-order chi connectivity index (χ1) is 28.8. The average Bonchev–Trinajstić information content (AvgIpc) is 3.68. The van der Waals surface area contributed by atoms with E-state index in [1.807, 2.05) is 12.1 Å². The van der Waals surface area contributed by atoms with Crippen LogP contribution in [0.15, 0.2) is 229 Å². The fourth-order valence-corrected chi connectivity index (χ4v) is 8.68. The van der Waals surface area contributed by atoms with Gasteiger partial charge in [0, 0.05) is 27.6 Å². The van der Waals surface area contributed by atoms with Gasteiger partial charge in [-0.2, -0.15) is 0 Å². The number of rotatable bonds is 7. The van der Waals surface area contributed by atoms with E-state index in [9.17, 15) is 0 Å². The van der Waals surface area contributed by atoms with E-state index in [0.717, 1.165) is 61.3 Å². The summed E-state index contributed by atoms with van der Waals surface area (Å²) < 4.78 is 6.40. The Balaban J connectivity index is 1.07. The first-order valence-electron chi connectivity index (χ1n) is 19.8. The predicted octanol–water partition coefficient (Wildman–Crippen LogP) is 16.0. The van der Waals surface area contributed by atoms with Crippen LogP contribution in [0.2, 0.25) is 0 Å². The van der Waals surface area contributed by atoms with E-state index in [4.69, 9.17) is 4.42 Å². The summed E-state index contributed by atoms with van der Waals surface area (Å²) in [5.74, 6) is 0. The number of benzene rings is 10. The average molecular weight is 740 g/mol. The van der Waals surface area contributed by atoms with Gasteiger partial charge in [-0.25, -0.2) is 0 Å². The van der Waals surface area contributed by atoms with Gasteiger partial charge < -0.3 is 9.32 Å². The molecular weight excluding hydrogens is 703 g/mol. The summed E-state index contributed by atoms with van der Waals surface area (Å²) in [5.41, 5.74) is 14.3. The maximum atomic E-state index is 6.40. The minimum absolute atomic E-state index is 0.881. The monoisotopic (exact) mass is 739 g/mol. The molecule has 0 fully saturated rings. The van der Waals surface area contributed by atoms with Crippen molar-refractivity contribution in [3.8, 4) is 44.5 Å². The minimum atomic E-state index is 0.881. The van der Waals surface area contributed by atoms with Gasteiger partial charge in [0.2, 0.25) is 0 Å². The van der Waals surface area contributed by atoms with E-state index >= 15 is 0 Å². The third kappa shape index (κ3) is 5.82. The smallest absolute Gasteiger partial charge is 0.136 e. The first kappa shape index (κ1) is 33.6. The Morgan fingerprint density at radius 1 is 0.276 bits per heavy atom. The Bertz CT molecular complexity index is 3270. The molecule has 11 rings (SSSR count). The second-order valence-corrected chi connectivity index (χ2v) is 14.9. The third-order valence-electron chi connectivity index (χ3n) is 11.5. The second-order valence-electron chi connectivity index (χ2n) is 14.9. The van der Waals surface area contributed by atoms with Crippen molar-refractivity contribution in [3.05, 3.63) is 224 Å². The maximum absolute atomic E-state index is 6.40. The molecule has 2 heteroatoms. The molecule has 272 valence electrons. The normalized spacial score (nSPS) is 11.4. The molecule has 0 unspecified atom stereocenters. The molecule has 0 aliphatic carbocycles. The molecule has 0 aliphatic rings. The molecule has 2 nitrogen and oxygen atoms in total. The number of para-hydroxylation sites is 3. The summed E-state index contributed by atoms with van der Waals surface area (Å²) in [5, 5.41) is 7.30. The zero-order chi connectivity index (χ0) is 38.4. The number of hydrogen-bond donors (Lipinski definition) is 0. The van der Waals surface area contributed by atoms with Crippen molar-refractivity contribution >= 4 is 60.5 Å². The topological polar surface area (TPSA) is 16.4 Å². The van der Waals surface area contributed by atoms with Gasteiger partial charge in [0.25, 0.3) is 0 Å². The molecule has 0 bridgehead atoms. The summed E-state index contributed by atoms with van der Waals surface area (Å²) in [6, 6.07) is 80.7. The van der Waals surface area contributed by atoms with Gasteiger partial charge >= 0.3 is 0 Å². The van der Waals surface area contributed by atoms with Gasteiger partial charge in [0.05, 0.1) is 11.4 Å². The van der Waals surface area contributed by atoms with Gasteiger partial charge in [-0.05, 0) is 97.4 Å². The van der Waals surface area contributed by atoms with Crippen molar-refractivity contribution in [3.63, 3.8) is 0 Å². The zero-order valence-corrected chi connectivity index (χ0v) is 31.7. The van der Waals surface area contributed by atoms with Crippen molar-refractivity contribution in [2.75, 3.05) is 4.90 Å². The molecule has 0 spiro atoms. The molecule has 1 heterocycles.